The molecule has 3 rings (SSSR count). The van der Waals surface area contributed by atoms with Crippen LogP contribution in [0.1, 0.15) is 11.1 Å². The molecule has 0 atom stereocenters. The SMILES string of the molecule is COc1ccc2c(c1)[nH]c(=S)n2Cc1ccc(C#N)cc1. The van der Waals surface area contributed by atoms with Crippen LogP contribution in [0.4, 0.5) is 0 Å². The van der Waals surface area contributed by atoms with E-state index in [0.29, 0.717) is 16.9 Å². The fourth-order valence-corrected chi connectivity index (χ4v) is 2.57. The number of hydrogen-bond acceptors (Lipinski definition) is 3. The van der Waals surface area contributed by atoms with Gasteiger partial charge in [0.2, 0.25) is 0 Å². The summed E-state index contributed by atoms with van der Waals surface area (Å²) >= 11 is 5.39. The fraction of sp³-hybridized carbons (Fsp3) is 0.125. The number of H-pyrrole nitrogens is 1. The third kappa shape index (κ3) is 2.54. The summed E-state index contributed by atoms with van der Waals surface area (Å²) in [5.74, 6) is 0.796. The Morgan fingerprint density at radius 3 is 2.67 bits per heavy atom. The Bertz CT molecular complexity index is 885. The lowest BCUT2D eigenvalue weighted by Crippen LogP contribution is -1.99. The highest BCUT2D eigenvalue weighted by atomic mass is 32.1. The highest BCUT2D eigenvalue weighted by molar-refractivity contribution is 7.71. The van der Waals surface area contributed by atoms with Gasteiger partial charge in [0, 0.05) is 6.07 Å². The van der Waals surface area contributed by atoms with Crippen LogP contribution in [0.3, 0.4) is 0 Å². The number of fused-ring (bicyclic) bond motifs is 1. The number of nitrogens with zero attached hydrogens (tertiary/aromatic N) is 2. The summed E-state index contributed by atoms with van der Waals surface area (Å²) in [6.45, 7) is 0.664. The van der Waals surface area contributed by atoms with E-state index in [1.54, 1.807) is 7.11 Å². The summed E-state index contributed by atoms with van der Waals surface area (Å²) in [6, 6.07) is 15.5. The second-order valence-electron chi connectivity index (χ2n) is 4.71. The van der Waals surface area contributed by atoms with Gasteiger partial charge in [0.25, 0.3) is 0 Å². The lowest BCUT2D eigenvalue weighted by molar-refractivity contribution is 0.415. The Kier molecular flexibility index (Phi) is 3.46. The zero-order chi connectivity index (χ0) is 14.8. The number of benzene rings is 2. The average molecular weight is 295 g/mol. The quantitative estimate of drug-likeness (QED) is 0.751. The van der Waals surface area contributed by atoms with E-state index in [1.807, 2.05) is 47.0 Å². The van der Waals surface area contributed by atoms with Gasteiger partial charge in [-0.25, -0.2) is 0 Å². The largest absolute Gasteiger partial charge is 0.497 e. The number of nitrogens with one attached hydrogen (secondary N) is 1. The van der Waals surface area contributed by atoms with Crippen LogP contribution in [0, 0.1) is 16.1 Å². The molecule has 5 heteroatoms. The average Bonchev–Trinajstić information content (AvgIpc) is 2.83. The van der Waals surface area contributed by atoms with Gasteiger partial charge in [0.05, 0.1) is 36.3 Å². The van der Waals surface area contributed by atoms with E-state index < -0.39 is 0 Å². The maximum atomic E-state index is 8.83. The van der Waals surface area contributed by atoms with E-state index in [2.05, 4.69) is 11.1 Å². The first kappa shape index (κ1) is 13.4. The second kappa shape index (κ2) is 5.43. The first-order valence-corrected chi connectivity index (χ1v) is 6.87. The smallest absolute Gasteiger partial charge is 0.178 e. The summed E-state index contributed by atoms with van der Waals surface area (Å²) in [4.78, 5) is 3.19. The molecule has 4 nitrogen and oxygen atoms in total. The zero-order valence-corrected chi connectivity index (χ0v) is 12.3. The van der Waals surface area contributed by atoms with E-state index >= 15 is 0 Å². The zero-order valence-electron chi connectivity index (χ0n) is 11.5. The minimum atomic E-state index is 0.658. The summed E-state index contributed by atoms with van der Waals surface area (Å²) in [7, 11) is 1.64. The van der Waals surface area contributed by atoms with Crippen molar-refractivity contribution in [2.75, 3.05) is 7.11 Å². The highest BCUT2D eigenvalue weighted by Gasteiger charge is 2.06. The molecular weight excluding hydrogens is 282 g/mol. The van der Waals surface area contributed by atoms with E-state index in [0.717, 1.165) is 22.3 Å². The number of nitriles is 1. The molecule has 104 valence electrons. The van der Waals surface area contributed by atoms with Crippen LogP contribution in [0.5, 0.6) is 5.75 Å². The Balaban J connectivity index is 2.01. The Morgan fingerprint density at radius 1 is 1.24 bits per heavy atom. The Labute approximate surface area is 127 Å². The fourth-order valence-electron chi connectivity index (χ4n) is 2.29. The van der Waals surface area contributed by atoms with Gasteiger partial charge >= 0.3 is 0 Å². The number of imidazole rings is 1. The maximum absolute atomic E-state index is 8.83. The summed E-state index contributed by atoms with van der Waals surface area (Å²) in [5.41, 5.74) is 3.74. The topological polar surface area (TPSA) is 53.7 Å². The standard InChI is InChI=1S/C16H13N3OS/c1-20-13-6-7-15-14(8-13)18-16(21)19(15)10-12-4-2-11(9-17)3-5-12/h2-8H,10H2,1H3,(H,18,21). The van der Waals surface area contributed by atoms with Crippen molar-refractivity contribution in [2.24, 2.45) is 0 Å². The number of aromatic nitrogens is 2. The Hall–Kier alpha value is -2.58. The van der Waals surface area contributed by atoms with Crippen molar-refractivity contribution in [3.05, 3.63) is 58.4 Å². The second-order valence-corrected chi connectivity index (χ2v) is 5.09. The molecule has 0 amide bonds. The minimum Gasteiger partial charge on any atom is -0.497 e. The van der Waals surface area contributed by atoms with Crippen LogP contribution in [-0.4, -0.2) is 16.7 Å². The van der Waals surface area contributed by atoms with Crippen LogP contribution < -0.4 is 4.74 Å². The summed E-state index contributed by atoms with van der Waals surface area (Å²) in [6.07, 6.45) is 0. The highest BCUT2D eigenvalue weighted by Crippen LogP contribution is 2.21. The van der Waals surface area contributed by atoms with Gasteiger partial charge < -0.3 is 14.3 Å². The molecule has 2 aromatic carbocycles. The predicted octanol–water partition coefficient (Wildman–Crippen LogP) is 3.63. The van der Waals surface area contributed by atoms with Gasteiger partial charge in [-0.2, -0.15) is 5.26 Å². The molecule has 0 radical (unpaired) electrons. The molecule has 0 aliphatic carbocycles. The first-order chi connectivity index (χ1) is 10.2. The van der Waals surface area contributed by atoms with Gasteiger partial charge in [0.15, 0.2) is 4.77 Å². The van der Waals surface area contributed by atoms with Crippen molar-refractivity contribution in [1.29, 1.82) is 5.26 Å². The van der Waals surface area contributed by atoms with Gasteiger partial charge in [-0.1, -0.05) is 12.1 Å². The molecular formula is C16H13N3OS. The van der Waals surface area contributed by atoms with E-state index in [-0.39, 0.29) is 0 Å². The number of ether oxygens (including phenoxy) is 1. The monoisotopic (exact) mass is 295 g/mol. The molecule has 0 fully saturated rings. The first-order valence-electron chi connectivity index (χ1n) is 6.47. The van der Waals surface area contributed by atoms with Crippen LogP contribution >= 0.6 is 12.2 Å². The van der Waals surface area contributed by atoms with Crippen LogP contribution in [0.25, 0.3) is 11.0 Å². The Morgan fingerprint density at radius 2 is 2.00 bits per heavy atom. The van der Waals surface area contributed by atoms with Crippen LogP contribution in [0.2, 0.25) is 0 Å². The van der Waals surface area contributed by atoms with Crippen molar-refractivity contribution in [2.45, 2.75) is 6.54 Å². The number of aromatic amines is 1. The predicted molar refractivity (Wildman–Crippen MR) is 83.9 cm³/mol. The van der Waals surface area contributed by atoms with E-state index in [4.69, 9.17) is 22.2 Å². The van der Waals surface area contributed by atoms with Gasteiger partial charge in [0.1, 0.15) is 5.75 Å². The van der Waals surface area contributed by atoms with Gasteiger partial charge in [-0.15, -0.1) is 0 Å². The lowest BCUT2D eigenvalue weighted by atomic mass is 10.1. The molecule has 0 saturated carbocycles. The van der Waals surface area contributed by atoms with Crippen molar-refractivity contribution in [1.82, 2.24) is 9.55 Å². The maximum Gasteiger partial charge on any atom is 0.178 e. The third-order valence-corrected chi connectivity index (χ3v) is 3.73. The molecule has 1 N–H and O–H groups in total. The summed E-state index contributed by atoms with van der Waals surface area (Å²) in [5, 5.41) is 8.83. The minimum absolute atomic E-state index is 0.658. The molecule has 0 unspecified atom stereocenters. The molecule has 0 aliphatic heterocycles. The van der Waals surface area contributed by atoms with Crippen molar-refractivity contribution in [3.8, 4) is 11.8 Å². The lowest BCUT2D eigenvalue weighted by Gasteiger charge is -2.05. The van der Waals surface area contributed by atoms with Crippen LogP contribution in [0.15, 0.2) is 42.5 Å². The molecule has 0 bridgehead atoms. The molecule has 1 heterocycles. The molecule has 0 aliphatic rings. The van der Waals surface area contributed by atoms with Gasteiger partial charge in [-0.3, -0.25) is 0 Å². The van der Waals surface area contributed by atoms with Crippen molar-refractivity contribution in [3.63, 3.8) is 0 Å². The molecule has 3 aromatic rings. The van der Waals surface area contributed by atoms with Crippen molar-refractivity contribution < 1.29 is 4.74 Å². The van der Waals surface area contributed by atoms with Crippen LogP contribution in [-0.2, 0) is 6.54 Å². The number of rotatable bonds is 3. The summed E-state index contributed by atoms with van der Waals surface area (Å²) < 4.78 is 7.92. The molecule has 0 spiro atoms. The van der Waals surface area contributed by atoms with Crippen molar-refractivity contribution >= 4 is 23.3 Å². The number of methoxy groups -OCH3 is 1. The molecule has 21 heavy (non-hydrogen) atoms. The molecule has 0 saturated heterocycles. The third-order valence-electron chi connectivity index (χ3n) is 3.40. The van der Waals surface area contributed by atoms with Gasteiger partial charge in [-0.05, 0) is 42.0 Å². The van der Waals surface area contributed by atoms with E-state index in [1.165, 1.54) is 0 Å². The number of hydrogen-bond donors (Lipinski definition) is 1. The normalized spacial score (nSPS) is 10.5. The molecule has 1 aromatic heterocycles. The van der Waals surface area contributed by atoms with E-state index in [9.17, 15) is 0 Å².